The van der Waals surface area contributed by atoms with Crippen LogP contribution in [-0.4, -0.2) is 45.0 Å². The Kier molecular flexibility index (Phi) is 6.36. The van der Waals surface area contributed by atoms with Gasteiger partial charge in [0.1, 0.15) is 11.4 Å². The van der Waals surface area contributed by atoms with Crippen LogP contribution < -0.4 is 10.1 Å². The van der Waals surface area contributed by atoms with Crippen LogP contribution in [0.1, 0.15) is 38.7 Å². The minimum absolute atomic E-state index is 0.0247. The molecule has 1 heterocycles. The number of rotatable bonds is 6. The second-order valence-electron chi connectivity index (χ2n) is 7.28. The third-order valence-electron chi connectivity index (χ3n) is 5.39. The number of hydrogen-bond donors (Lipinski definition) is 1. The molecule has 1 N–H and O–H groups in total. The highest BCUT2D eigenvalue weighted by Crippen LogP contribution is 2.30. The van der Waals surface area contributed by atoms with Crippen molar-refractivity contribution in [3.8, 4) is 11.4 Å². The van der Waals surface area contributed by atoms with Crippen molar-refractivity contribution in [2.45, 2.75) is 51.2 Å². The molecule has 8 heteroatoms. The first-order valence-electron chi connectivity index (χ1n) is 9.35. The van der Waals surface area contributed by atoms with Gasteiger partial charge in [0.15, 0.2) is 0 Å². The molecule has 2 aromatic rings. The van der Waals surface area contributed by atoms with Gasteiger partial charge >= 0.3 is 0 Å². The van der Waals surface area contributed by atoms with Crippen LogP contribution in [0.2, 0.25) is 0 Å². The third kappa shape index (κ3) is 4.61. The van der Waals surface area contributed by atoms with E-state index in [1.165, 1.54) is 24.6 Å². The molecule has 3 rings (SSSR count). The molecule has 0 unspecified atom stereocenters. The van der Waals surface area contributed by atoms with Gasteiger partial charge in [-0.1, -0.05) is 44.5 Å². The first kappa shape index (κ1) is 19.7. The van der Waals surface area contributed by atoms with Gasteiger partial charge in [-0.05, 0) is 53.3 Å². The van der Waals surface area contributed by atoms with E-state index < -0.39 is 0 Å². The van der Waals surface area contributed by atoms with Gasteiger partial charge < -0.3 is 10.1 Å². The molecular weight excluding hydrogens is 362 g/mol. The van der Waals surface area contributed by atoms with Crippen molar-refractivity contribution < 1.29 is 9.53 Å². The number of tetrazole rings is 1. The molecule has 1 aromatic heterocycles. The summed E-state index contributed by atoms with van der Waals surface area (Å²) in [5.74, 6) is 2.15. The second-order valence-corrected chi connectivity index (χ2v) is 8.22. The molecule has 1 amide bonds. The van der Waals surface area contributed by atoms with Crippen molar-refractivity contribution in [2.75, 3.05) is 12.9 Å². The molecule has 1 aliphatic rings. The fraction of sp³-hybridized carbons (Fsp3) is 0.579. The van der Waals surface area contributed by atoms with Crippen LogP contribution in [-0.2, 0) is 4.79 Å². The van der Waals surface area contributed by atoms with Crippen molar-refractivity contribution in [1.82, 2.24) is 25.5 Å². The molecule has 1 aliphatic carbocycles. The van der Waals surface area contributed by atoms with Crippen LogP contribution >= 0.6 is 11.8 Å². The van der Waals surface area contributed by atoms with Crippen LogP contribution in [0.15, 0.2) is 23.4 Å². The van der Waals surface area contributed by atoms with Crippen LogP contribution in [0.3, 0.4) is 0 Å². The lowest BCUT2D eigenvalue weighted by atomic mass is 9.78. The lowest BCUT2D eigenvalue weighted by Gasteiger charge is -2.34. The number of ether oxygens (including phenoxy) is 1. The van der Waals surface area contributed by atoms with Crippen LogP contribution in [0.25, 0.3) is 5.69 Å². The van der Waals surface area contributed by atoms with E-state index in [2.05, 4.69) is 34.7 Å². The van der Waals surface area contributed by atoms with Crippen molar-refractivity contribution in [3.05, 3.63) is 23.8 Å². The van der Waals surface area contributed by atoms with Crippen molar-refractivity contribution >= 4 is 17.7 Å². The third-order valence-corrected chi connectivity index (χ3v) is 6.31. The van der Waals surface area contributed by atoms with Gasteiger partial charge in [-0.3, -0.25) is 4.79 Å². The van der Waals surface area contributed by atoms with Gasteiger partial charge in [0.05, 0.1) is 12.9 Å². The largest absolute Gasteiger partial charge is 0.494 e. The molecule has 1 saturated carbocycles. The molecule has 1 aromatic carbocycles. The predicted molar refractivity (Wildman–Crippen MR) is 105 cm³/mol. The molecule has 0 radical (unpaired) electrons. The van der Waals surface area contributed by atoms with E-state index in [1.807, 2.05) is 25.1 Å². The van der Waals surface area contributed by atoms with E-state index in [0.717, 1.165) is 17.7 Å². The Hall–Kier alpha value is -2.09. The molecule has 3 atom stereocenters. The number of methoxy groups -OCH3 is 1. The maximum absolute atomic E-state index is 12.4. The van der Waals surface area contributed by atoms with Crippen LogP contribution in [0.5, 0.6) is 5.75 Å². The zero-order chi connectivity index (χ0) is 19.4. The maximum Gasteiger partial charge on any atom is 0.230 e. The second kappa shape index (κ2) is 8.73. The summed E-state index contributed by atoms with van der Waals surface area (Å²) >= 11 is 1.33. The average molecular weight is 390 g/mol. The maximum atomic E-state index is 12.4. The number of aryl methyl sites for hydroxylation is 1. The predicted octanol–water partition coefficient (Wildman–Crippen LogP) is 3.01. The van der Waals surface area contributed by atoms with E-state index in [1.54, 1.807) is 11.8 Å². The fourth-order valence-corrected chi connectivity index (χ4v) is 4.24. The summed E-state index contributed by atoms with van der Waals surface area (Å²) in [6.45, 7) is 6.49. The standard InChI is InChI=1S/C19H27N5O2S/c1-12-8-9-17(26-4)16(10-12)24-19(21-22-23-24)27-11-18(25)20-15-7-5-6-13(2)14(15)3/h8-10,13-15H,5-7,11H2,1-4H3,(H,20,25)/t13-,14+,15+/m0/s1. The number of amides is 1. The summed E-state index contributed by atoms with van der Waals surface area (Å²) < 4.78 is 7.04. The highest BCUT2D eigenvalue weighted by Gasteiger charge is 2.28. The summed E-state index contributed by atoms with van der Waals surface area (Å²) in [7, 11) is 1.62. The SMILES string of the molecule is COc1ccc(C)cc1-n1nnnc1SCC(=O)N[C@@H]1CCC[C@H](C)[C@H]1C. The van der Waals surface area contributed by atoms with Gasteiger partial charge in [-0.2, -0.15) is 4.68 Å². The van der Waals surface area contributed by atoms with E-state index in [-0.39, 0.29) is 17.7 Å². The van der Waals surface area contributed by atoms with E-state index >= 15 is 0 Å². The lowest BCUT2D eigenvalue weighted by Crippen LogP contribution is -2.44. The van der Waals surface area contributed by atoms with Crippen LogP contribution in [0.4, 0.5) is 0 Å². The summed E-state index contributed by atoms with van der Waals surface area (Å²) in [6.07, 6.45) is 3.48. The van der Waals surface area contributed by atoms with Gasteiger partial charge in [0.2, 0.25) is 11.1 Å². The number of carbonyl (C=O) groups excluding carboxylic acids is 1. The zero-order valence-electron chi connectivity index (χ0n) is 16.3. The minimum Gasteiger partial charge on any atom is -0.494 e. The first-order chi connectivity index (χ1) is 13.0. The Bertz CT molecular complexity index is 794. The van der Waals surface area contributed by atoms with E-state index in [9.17, 15) is 4.79 Å². The van der Waals surface area contributed by atoms with E-state index in [0.29, 0.717) is 22.7 Å². The summed E-state index contributed by atoms with van der Waals surface area (Å²) in [6, 6.07) is 6.08. The van der Waals surface area contributed by atoms with Crippen molar-refractivity contribution in [2.24, 2.45) is 11.8 Å². The Balaban J connectivity index is 1.65. The Morgan fingerprint density at radius 2 is 2.19 bits per heavy atom. The lowest BCUT2D eigenvalue weighted by molar-refractivity contribution is -0.120. The van der Waals surface area contributed by atoms with E-state index in [4.69, 9.17) is 4.74 Å². The normalized spacial score (nSPS) is 22.4. The van der Waals surface area contributed by atoms with Gasteiger partial charge in [0.25, 0.3) is 0 Å². The summed E-state index contributed by atoms with van der Waals surface area (Å²) in [5.41, 5.74) is 1.84. The number of carbonyl (C=O) groups is 1. The fourth-order valence-electron chi connectivity index (χ4n) is 3.55. The topological polar surface area (TPSA) is 81.9 Å². The molecule has 146 valence electrons. The number of hydrogen-bond acceptors (Lipinski definition) is 6. The van der Waals surface area contributed by atoms with Gasteiger partial charge in [0, 0.05) is 6.04 Å². The van der Waals surface area contributed by atoms with Gasteiger partial charge in [-0.25, -0.2) is 0 Å². The highest BCUT2D eigenvalue weighted by molar-refractivity contribution is 7.99. The molecule has 27 heavy (non-hydrogen) atoms. The minimum atomic E-state index is 0.0247. The number of nitrogens with zero attached hydrogens (tertiary/aromatic N) is 4. The molecule has 1 fully saturated rings. The average Bonchev–Trinajstić information content (AvgIpc) is 3.12. The van der Waals surface area contributed by atoms with Gasteiger partial charge in [-0.15, -0.1) is 5.10 Å². The zero-order valence-corrected chi connectivity index (χ0v) is 17.1. The van der Waals surface area contributed by atoms with Crippen molar-refractivity contribution in [1.29, 1.82) is 0 Å². The number of nitrogens with one attached hydrogen (secondary N) is 1. The Morgan fingerprint density at radius 3 is 2.96 bits per heavy atom. The summed E-state index contributed by atoms with van der Waals surface area (Å²) in [5, 5.41) is 15.7. The molecule has 7 nitrogen and oxygen atoms in total. The molecule has 0 bridgehead atoms. The summed E-state index contributed by atoms with van der Waals surface area (Å²) in [4.78, 5) is 12.4. The molecular formula is C19H27N5O2S. The quantitative estimate of drug-likeness (QED) is 0.765. The highest BCUT2D eigenvalue weighted by atomic mass is 32.2. The Morgan fingerprint density at radius 1 is 1.37 bits per heavy atom. The first-order valence-corrected chi connectivity index (χ1v) is 10.3. The number of benzene rings is 1. The molecule has 0 aliphatic heterocycles. The van der Waals surface area contributed by atoms with Crippen molar-refractivity contribution in [3.63, 3.8) is 0 Å². The Labute approximate surface area is 164 Å². The molecule has 0 saturated heterocycles. The monoisotopic (exact) mass is 389 g/mol. The smallest absolute Gasteiger partial charge is 0.230 e. The molecule has 0 spiro atoms. The number of thioether (sulfide) groups is 1. The van der Waals surface area contributed by atoms with Crippen LogP contribution in [0, 0.1) is 18.8 Å². The number of aromatic nitrogens is 4.